The Bertz CT molecular complexity index is 612. The highest BCUT2D eigenvalue weighted by atomic mass is 16.5. The maximum atomic E-state index is 12.1. The minimum atomic E-state index is 0.0104. The molecule has 0 amide bonds. The van der Waals surface area contributed by atoms with Crippen LogP contribution in [0, 0.1) is 13.8 Å². The standard InChI is InChI=1S/C19H22O2/c1-4-5-16-7-9-17(10-8-16)19(20)13-21-18-11-6-14(2)15(3)12-18/h6-12H,4-5,13H2,1-3H3. The van der Waals surface area contributed by atoms with Crippen molar-refractivity contribution in [2.75, 3.05) is 6.61 Å². The summed E-state index contributed by atoms with van der Waals surface area (Å²) in [6.45, 7) is 6.32. The van der Waals surface area contributed by atoms with Gasteiger partial charge in [-0.05, 0) is 49.1 Å². The van der Waals surface area contributed by atoms with Gasteiger partial charge in [0.25, 0.3) is 0 Å². The first kappa shape index (κ1) is 15.3. The van der Waals surface area contributed by atoms with Crippen molar-refractivity contribution in [3.8, 4) is 5.75 Å². The second-order valence-electron chi connectivity index (χ2n) is 5.40. The van der Waals surface area contributed by atoms with Gasteiger partial charge in [-0.25, -0.2) is 0 Å². The summed E-state index contributed by atoms with van der Waals surface area (Å²) in [5, 5.41) is 0. The molecule has 0 spiro atoms. The van der Waals surface area contributed by atoms with Crippen LogP contribution in [0.3, 0.4) is 0 Å². The summed E-state index contributed by atoms with van der Waals surface area (Å²) in [6.07, 6.45) is 2.16. The first-order valence-electron chi connectivity index (χ1n) is 7.42. The zero-order valence-electron chi connectivity index (χ0n) is 13.0. The van der Waals surface area contributed by atoms with Crippen LogP contribution in [0.2, 0.25) is 0 Å². The summed E-state index contributed by atoms with van der Waals surface area (Å²) in [5.41, 5.74) is 4.37. The molecular formula is C19H22O2. The van der Waals surface area contributed by atoms with Crippen LogP contribution in [0.4, 0.5) is 0 Å². The van der Waals surface area contributed by atoms with E-state index < -0.39 is 0 Å². The lowest BCUT2D eigenvalue weighted by atomic mass is 10.1. The van der Waals surface area contributed by atoms with Gasteiger partial charge in [0.15, 0.2) is 12.4 Å². The molecule has 0 fully saturated rings. The Kier molecular flexibility index (Phi) is 5.15. The van der Waals surface area contributed by atoms with Gasteiger partial charge >= 0.3 is 0 Å². The Morgan fingerprint density at radius 3 is 2.33 bits per heavy atom. The van der Waals surface area contributed by atoms with E-state index in [1.165, 1.54) is 16.7 Å². The van der Waals surface area contributed by atoms with Crippen LogP contribution < -0.4 is 4.74 Å². The number of benzene rings is 2. The number of carbonyl (C=O) groups is 1. The Morgan fingerprint density at radius 2 is 1.71 bits per heavy atom. The molecule has 2 aromatic rings. The zero-order valence-corrected chi connectivity index (χ0v) is 13.0. The largest absolute Gasteiger partial charge is 0.485 e. The first-order chi connectivity index (χ1) is 10.1. The van der Waals surface area contributed by atoms with Crippen molar-refractivity contribution in [1.82, 2.24) is 0 Å². The van der Waals surface area contributed by atoms with Gasteiger partial charge in [0.1, 0.15) is 5.75 Å². The predicted octanol–water partition coefficient (Wildman–Crippen LogP) is 4.52. The van der Waals surface area contributed by atoms with Gasteiger partial charge in [-0.2, -0.15) is 0 Å². The third kappa shape index (κ3) is 4.19. The molecule has 0 aromatic heterocycles. The van der Waals surface area contributed by atoms with Gasteiger partial charge in [-0.3, -0.25) is 4.79 Å². The Balaban J connectivity index is 1.96. The molecule has 0 bridgehead atoms. The van der Waals surface area contributed by atoms with Gasteiger partial charge in [-0.1, -0.05) is 43.7 Å². The first-order valence-corrected chi connectivity index (χ1v) is 7.42. The molecule has 21 heavy (non-hydrogen) atoms. The lowest BCUT2D eigenvalue weighted by Crippen LogP contribution is -2.11. The third-order valence-corrected chi connectivity index (χ3v) is 3.66. The Morgan fingerprint density at radius 1 is 1.00 bits per heavy atom. The lowest BCUT2D eigenvalue weighted by Gasteiger charge is -2.08. The third-order valence-electron chi connectivity index (χ3n) is 3.66. The van der Waals surface area contributed by atoms with E-state index in [0.29, 0.717) is 5.56 Å². The van der Waals surface area contributed by atoms with E-state index in [4.69, 9.17) is 4.74 Å². The SMILES string of the molecule is CCCc1ccc(C(=O)COc2ccc(C)c(C)c2)cc1. The van der Waals surface area contributed by atoms with Gasteiger partial charge in [0, 0.05) is 5.56 Å². The molecule has 0 atom stereocenters. The predicted molar refractivity (Wildman–Crippen MR) is 86.2 cm³/mol. The van der Waals surface area contributed by atoms with Gasteiger partial charge < -0.3 is 4.74 Å². The maximum Gasteiger partial charge on any atom is 0.200 e. The molecule has 0 unspecified atom stereocenters. The number of carbonyl (C=O) groups excluding carboxylic acids is 1. The second kappa shape index (κ2) is 7.07. The quantitative estimate of drug-likeness (QED) is 0.728. The average Bonchev–Trinajstić information content (AvgIpc) is 2.49. The summed E-state index contributed by atoms with van der Waals surface area (Å²) in [4.78, 5) is 12.1. The molecule has 0 heterocycles. The van der Waals surface area contributed by atoms with Gasteiger partial charge in [-0.15, -0.1) is 0 Å². The summed E-state index contributed by atoms with van der Waals surface area (Å²) in [7, 11) is 0. The number of ketones is 1. The van der Waals surface area contributed by atoms with Gasteiger partial charge in [0.05, 0.1) is 0 Å². The second-order valence-corrected chi connectivity index (χ2v) is 5.40. The molecule has 2 rings (SSSR count). The summed E-state index contributed by atoms with van der Waals surface area (Å²) in [6, 6.07) is 13.7. The van der Waals surface area contributed by atoms with E-state index in [1.807, 2.05) is 49.4 Å². The van der Waals surface area contributed by atoms with Crippen molar-refractivity contribution in [1.29, 1.82) is 0 Å². The van der Waals surface area contributed by atoms with Crippen LogP contribution in [-0.4, -0.2) is 12.4 Å². The molecule has 0 N–H and O–H groups in total. The fourth-order valence-electron chi connectivity index (χ4n) is 2.18. The summed E-state index contributed by atoms with van der Waals surface area (Å²) < 4.78 is 5.59. The normalized spacial score (nSPS) is 10.4. The zero-order chi connectivity index (χ0) is 15.2. The van der Waals surface area contributed by atoms with Crippen molar-refractivity contribution >= 4 is 5.78 Å². The van der Waals surface area contributed by atoms with Crippen LogP contribution in [0.5, 0.6) is 5.75 Å². The lowest BCUT2D eigenvalue weighted by molar-refractivity contribution is 0.0921. The van der Waals surface area contributed by atoms with Crippen molar-refractivity contribution in [2.24, 2.45) is 0 Å². The Labute approximate surface area is 126 Å². The van der Waals surface area contributed by atoms with E-state index in [0.717, 1.165) is 18.6 Å². The van der Waals surface area contributed by atoms with Crippen LogP contribution in [0.1, 0.15) is 40.4 Å². The highest BCUT2D eigenvalue weighted by molar-refractivity contribution is 5.97. The van der Waals surface area contributed by atoms with Crippen molar-refractivity contribution in [2.45, 2.75) is 33.6 Å². The molecule has 0 radical (unpaired) electrons. The van der Waals surface area contributed by atoms with Crippen LogP contribution in [-0.2, 0) is 6.42 Å². The fourth-order valence-corrected chi connectivity index (χ4v) is 2.18. The highest BCUT2D eigenvalue weighted by Gasteiger charge is 2.07. The molecule has 0 aliphatic rings. The molecule has 0 aliphatic heterocycles. The summed E-state index contributed by atoms with van der Waals surface area (Å²) in [5.74, 6) is 0.755. The number of ether oxygens (including phenoxy) is 1. The van der Waals surface area contributed by atoms with Crippen LogP contribution >= 0.6 is 0 Å². The van der Waals surface area contributed by atoms with Gasteiger partial charge in [0.2, 0.25) is 0 Å². The number of hydrogen-bond acceptors (Lipinski definition) is 2. The molecule has 2 nitrogen and oxygen atoms in total. The van der Waals surface area contributed by atoms with E-state index in [1.54, 1.807) is 0 Å². The van der Waals surface area contributed by atoms with Crippen LogP contribution in [0.25, 0.3) is 0 Å². The van der Waals surface area contributed by atoms with Crippen LogP contribution in [0.15, 0.2) is 42.5 Å². The molecular weight excluding hydrogens is 260 g/mol. The van der Waals surface area contributed by atoms with Crippen molar-refractivity contribution in [3.05, 3.63) is 64.7 Å². The number of Topliss-reactive ketones (excluding diaryl/α,β-unsaturated/α-hetero) is 1. The number of rotatable bonds is 6. The molecule has 2 aromatic carbocycles. The van der Waals surface area contributed by atoms with E-state index >= 15 is 0 Å². The fraction of sp³-hybridized carbons (Fsp3) is 0.316. The van der Waals surface area contributed by atoms with E-state index in [2.05, 4.69) is 13.8 Å². The number of aryl methyl sites for hydroxylation is 3. The monoisotopic (exact) mass is 282 g/mol. The van der Waals surface area contributed by atoms with Crippen molar-refractivity contribution < 1.29 is 9.53 Å². The molecule has 110 valence electrons. The Hall–Kier alpha value is -2.09. The van der Waals surface area contributed by atoms with E-state index in [9.17, 15) is 4.79 Å². The average molecular weight is 282 g/mol. The minimum absolute atomic E-state index is 0.0104. The summed E-state index contributed by atoms with van der Waals surface area (Å²) >= 11 is 0. The molecule has 0 saturated carbocycles. The molecule has 0 aliphatic carbocycles. The van der Waals surface area contributed by atoms with E-state index in [-0.39, 0.29) is 12.4 Å². The topological polar surface area (TPSA) is 26.3 Å². The molecule has 0 saturated heterocycles. The minimum Gasteiger partial charge on any atom is -0.485 e. The molecule has 2 heteroatoms. The number of hydrogen-bond donors (Lipinski definition) is 0. The maximum absolute atomic E-state index is 12.1. The van der Waals surface area contributed by atoms with Crippen molar-refractivity contribution in [3.63, 3.8) is 0 Å². The smallest absolute Gasteiger partial charge is 0.200 e. The highest BCUT2D eigenvalue weighted by Crippen LogP contribution is 2.17.